The summed E-state index contributed by atoms with van der Waals surface area (Å²) in [5, 5.41) is 7.52. The topological polar surface area (TPSA) is 51.0 Å². The quantitative estimate of drug-likeness (QED) is 0.794. The highest BCUT2D eigenvalue weighted by Gasteiger charge is 2.29. The molecule has 1 N–H and O–H groups in total. The third kappa shape index (κ3) is 2.26. The average molecular weight is 223 g/mol. The van der Waals surface area contributed by atoms with Gasteiger partial charge in [0.05, 0.1) is 6.04 Å². The van der Waals surface area contributed by atoms with Gasteiger partial charge in [-0.25, -0.2) is 0 Å². The average Bonchev–Trinajstić information content (AvgIpc) is 2.66. The van der Waals surface area contributed by atoms with Gasteiger partial charge in [0.15, 0.2) is 5.82 Å². The van der Waals surface area contributed by atoms with Crippen LogP contribution in [0.1, 0.15) is 58.3 Å². The standard InChI is InChI=1S/C12H21N3O/c1-8-6-5-7-13-9(8)10-14-11(15-16-10)12(2,3)4/h8-9,13H,5-7H2,1-4H3. The Morgan fingerprint density at radius 3 is 2.69 bits per heavy atom. The molecule has 1 aromatic heterocycles. The molecule has 0 spiro atoms. The van der Waals surface area contributed by atoms with Crippen molar-refractivity contribution in [1.82, 2.24) is 15.5 Å². The molecule has 0 aliphatic carbocycles. The predicted octanol–water partition coefficient (Wildman–Crippen LogP) is 2.43. The van der Waals surface area contributed by atoms with Gasteiger partial charge in [-0.1, -0.05) is 32.9 Å². The number of nitrogens with one attached hydrogen (secondary N) is 1. The van der Waals surface area contributed by atoms with Gasteiger partial charge in [0.2, 0.25) is 5.89 Å². The van der Waals surface area contributed by atoms with Crippen LogP contribution in [-0.2, 0) is 5.41 Å². The van der Waals surface area contributed by atoms with Crippen LogP contribution in [-0.4, -0.2) is 16.7 Å². The van der Waals surface area contributed by atoms with Crippen molar-refractivity contribution >= 4 is 0 Å². The number of hydrogen-bond donors (Lipinski definition) is 1. The highest BCUT2D eigenvalue weighted by Crippen LogP contribution is 2.29. The summed E-state index contributed by atoms with van der Waals surface area (Å²) in [6.07, 6.45) is 2.46. The maximum Gasteiger partial charge on any atom is 0.244 e. The van der Waals surface area contributed by atoms with Gasteiger partial charge in [-0.05, 0) is 25.3 Å². The van der Waals surface area contributed by atoms with Gasteiger partial charge in [-0.15, -0.1) is 0 Å². The molecular weight excluding hydrogens is 202 g/mol. The largest absolute Gasteiger partial charge is 0.338 e. The Bertz CT molecular complexity index is 353. The fraction of sp³-hybridized carbons (Fsp3) is 0.833. The van der Waals surface area contributed by atoms with E-state index in [0.29, 0.717) is 5.92 Å². The molecule has 90 valence electrons. The fourth-order valence-corrected chi connectivity index (χ4v) is 2.05. The van der Waals surface area contributed by atoms with Gasteiger partial charge < -0.3 is 9.84 Å². The van der Waals surface area contributed by atoms with Crippen LogP contribution in [0.5, 0.6) is 0 Å². The molecule has 2 heterocycles. The molecule has 0 saturated carbocycles. The molecule has 0 aromatic carbocycles. The molecule has 2 rings (SSSR count). The van der Waals surface area contributed by atoms with E-state index in [2.05, 4.69) is 43.2 Å². The van der Waals surface area contributed by atoms with E-state index in [-0.39, 0.29) is 11.5 Å². The molecule has 0 radical (unpaired) electrons. The number of aromatic nitrogens is 2. The van der Waals surface area contributed by atoms with Gasteiger partial charge in [-0.2, -0.15) is 4.98 Å². The van der Waals surface area contributed by atoms with Crippen LogP contribution in [0.4, 0.5) is 0 Å². The molecule has 2 atom stereocenters. The first-order valence-electron chi connectivity index (χ1n) is 6.06. The van der Waals surface area contributed by atoms with Crippen LogP contribution < -0.4 is 5.32 Å². The SMILES string of the molecule is CC1CCCNC1c1nc(C(C)(C)C)no1. The van der Waals surface area contributed by atoms with Gasteiger partial charge >= 0.3 is 0 Å². The lowest BCUT2D eigenvalue weighted by Gasteiger charge is -2.26. The molecule has 1 aliphatic rings. The van der Waals surface area contributed by atoms with E-state index in [4.69, 9.17) is 4.52 Å². The highest BCUT2D eigenvalue weighted by atomic mass is 16.5. The Morgan fingerprint density at radius 1 is 1.38 bits per heavy atom. The summed E-state index contributed by atoms with van der Waals surface area (Å²) in [7, 11) is 0. The first kappa shape index (κ1) is 11.6. The second-order valence-electron chi connectivity index (χ2n) is 5.76. The minimum atomic E-state index is -0.0420. The van der Waals surface area contributed by atoms with Gasteiger partial charge in [-0.3, -0.25) is 0 Å². The van der Waals surface area contributed by atoms with E-state index in [1.54, 1.807) is 0 Å². The van der Waals surface area contributed by atoms with E-state index in [0.717, 1.165) is 18.3 Å². The normalized spacial score (nSPS) is 27.0. The smallest absolute Gasteiger partial charge is 0.244 e. The molecular formula is C12H21N3O. The summed E-state index contributed by atoms with van der Waals surface area (Å²) in [5.41, 5.74) is -0.0420. The van der Waals surface area contributed by atoms with Crippen molar-refractivity contribution in [2.75, 3.05) is 6.54 Å². The number of nitrogens with zero attached hydrogens (tertiary/aromatic N) is 2. The van der Waals surface area contributed by atoms with Crippen molar-refractivity contribution in [1.29, 1.82) is 0 Å². The molecule has 16 heavy (non-hydrogen) atoms. The van der Waals surface area contributed by atoms with Crippen molar-refractivity contribution in [3.8, 4) is 0 Å². The lowest BCUT2D eigenvalue weighted by atomic mass is 9.92. The second kappa shape index (κ2) is 4.17. The summed E-state index contributed by atoms with van der Waals surface area (Å²) >= 11 is 0. The predicted molar refractivity (Wildman–Crippen MR) is 62.1 cm³/mol. The highest BCUT2D eigenvalue weighted by molar-refractivity contribution is 5.03. The molecule has 0 bridgehead atoms. The van der Waals surface area contributed by atoms with E-state index >= 15 is 0 Å². The Morgan fingerprint density at radius 2 is 2.12 bits per heavy atom. The summed E-state index contributed by atoms with van der Waals surface area (Å²) < 4.78 is 5.38. The van der Waals surface area contributed by atoms with E-state index < -0.39 is 0 Å². The lowest BCUT2D eigenvalue weighted by Crippen LogP contribution is -2.33. The van der Waals surface area contributed by atoms with Crippen LogP contribution in [0.15, 0.2) is 4.52 Å². The van der Waals surface area contributed by atoms with Crippen LogP contribution in [0, 0.1) is 5.92 Å². The van der Waals surface area contributed by atoms with E-state index in [9.17, 15) is 0 Å². The third-order valence-electron chi connectivity index (χ3n) is 3.15. The first-order valence-corrected chi connectivity index (χ1v) is 6.06. The second-order valence-corrected chi connectivity index (χ2v) is 5.76. The van der Waals surface area contributed by atoms with E-state index in [1.807, 2.05) is 0 Å². The minimum absolute atomic E-state index is 0.0420. The Balaban J connectivity index is 2.18. The molecule has 0 amide bonds. The van der Waals surface area contributed by atoms with Crippen molar-refractivity contribution in [3.63, 3.8) is 0 Å². The van der Waals surface area contributed by atoms with Gasteiger partial charge in [0.25, 0.3) is 0 Å². The van der Waals surface area contributed by atoms with Gasteiger partial charge in [0.1, 0.15) is 0 Å². The Hall–Kier alpha value is -0.900. The van der Waals surface area contributed by atoms with Crippen molar-refractivity contribution in [3.05, 3.63) is 11.7 Å². The first-order chi connectivity index (χ1) is 7.48. The zero-order valence-electron chi connectivity index (χ0n) is 10.6. The zero-order chi connectivity index (χ0) is 11.8. The zero-order valence-corrected chi connectivity index (χ0v) is 10.6. The van der Waals surface area contributed by atoms with Crippen molar-refractivity contribution < 1.29 is 4.52 Å². The maximum absolute atomic E-state index is 5.38. The van der Waals surface area contributed by atoms with Crippen LogP contribution in [0.25, 0.3) is 0 Å². The fourth-order valence-electron chi connectivity index (χ4n) is 2.05. The van der Waals surface area contributed by atoms with Crippen LogP contribution >= 0.6 is 0 Å². The Labute approximate surface area is 96.8 Å². The summed E-state index contributed by atoms with van der Waals surface area (Å²) in [5.74, 6) is 2.11. The minimum Gasteiger partial charge on any atom is -0.338 e. The third-order valence-corrected chi connectivity index (χ3v) is 3.15. The summed E-state index contributed by atoms with van der Waals surface area (Å²) in [4.78, 5) is 4.52. The Kier molecular flexibility index (Phi) is 3.02. The van der Waals surface area contributed by atoms with Crippen molar-refractivity contribution in [2.24, 2.45) is 5.92 Å². The monoisotopic (exact) mass is 223 g/mol. The molecule has 4 nitrogen and oxygen atoms in total. The maximum atomic E-state index is 5.38. The summed E-state index contributed by atoms with van der Waals surface area (Å²) in [6.45, 7) is 9.57. The van der Waals surface area contributed by atoms with Gasteiger partial charge in [0, 0.05) is 5.41 Å². The molecule has 1 aliphatic heterocycles. The van der Waals surface area contributed by atoms with Crippen LogP contribution in [0.2, 0.25) is 0 Å². The molecule has 1 fully saturated rings. The molecule has 2 unspecified atom stereocenters. The molecule has 1 saturated heterocycles. The van der Waals surface area contributed by atoms with E-state index in [1.165, 1.54) is 12.8 Å². The summed E-state index contributed by atoms with van der Waals surface area (Å²) in [6, 6.07) is 0.234. The molecule has 1 aromatic rings. The number of rotatable bonds is 1. The van der Waals surface area contributed by atoms with Crippen LogP contribution in [0.3, 0.4) is 0 Å². The molecule has 4 heteroatoms. The van der Waals surface area contributed by atoms with Crippen molar-refractivity contribution in [2.45, 2.75) is 52.0 Å². The lowest BCUT2D eigenvalue weighted by molar-refractivity contribution is 0.238. The number of piperidine rings is 1. The number of hydrogen-bond acceptors (Lipinski definition) is 4.